The number of sulfonamides is 1. The van der Waals surface area contributed by atoms with Crippen molar-refractivity contribution in [3.8, 4) is 11.3 Å². The number of hydrogen-bond donors (Lipinski definition) is 1. The SMILES string of the molecule is O=S(=O)(Nn1nc(C(F)(F)F)cc1-c1c(F)cccc1F)c1ccccc1. The van der Waals surface area contributed by atoms with Crippen molar-refractivity contribution in [2.75, 3.05) is 4.83 Å². The van der Waals surface area contributed by atoms with E-state index in [9.17, 15) is 30.4 Å². The fourth-order valence-corrected chi connectivity index (χ4v) is 3.26. The Morgan fingerprint density at radius 3 is 2.07 bits per heavy atom. The van der Waals surface area contributed by atoms with E-state index in [0.717, 1.165) is 18.2 Å². The molecule has 1 aromatic heterocycles. The third-order valence-electron chi connectivity index (χ3n) is 3.48. The van der Waals surface area contributed by atoms with Crippen LogP contribution in [-0.4, -0.2) is 18.3 Å². The summed E-state index contributed by atoms with van der Waals surface area (Å²) in [5.41, 5.74) is -3.11. The van der Waals surface area contributed by atoms with Crippen LogP contribution in [0.1, 0.15) is 5.69 Å². The van der Waals surface area contributed by atoms with Crippen LogP contribution in [-0.2, 0) is 16.2 Å². The van der Waals surface area contributed by atoms with Crippen molar-refractivity contribution in [1.82, 2.24) is 9.89 Å². The van der Waals surface area contributed by atoms with E-state index in [1.54, 1.807) is 4.83 Å². The molecule has 1 N–H and O–H groups in total. The van der Waals surface area contributed by atoms with Gasteiger partial charge in [-0.05, 0) is 30.3 Å². The minimum Gasteiger partial charge on any atom is -0.206 e. The summed E-state index contributed by atoms with van der Waals surface area (Å²) in [4.78, 5) is 1.71. The van der Waals surface area contributed by atoms with Crippen molar-refractivity contribution in [2.45, 2.75) is 11.1 Å². The molecule has 2 aromatic carbocycles. The molecule has 0 fully saturated rings. The smallest absolute Gasteiger partial charge is 0.206 e. The third-order valence-corrected chi connectivity index (χ3v) is 4.78. The van der Waals surface area contributed by atoms with E-state index in [1.807, 2.05) is 0 Å². The van der Waals surface area contributed by atoms with E-state index in [0.29, 0.717) is 6.07 Å². The molecule has 3 rings (SSSR count). The first kappa shape index (κ1) is 18.8. The summed E-state index contributed by atoms with van der Waals surface area (Å²) in [7, 11) is -4.36. The first-order valence-corrected chi connectivity index (χ1v) is 8.77. The zero-order chi connectivity index (χ0) is 19.8. The summed E-state index contributed by atoms with van der Waals surface area (Å²) in [6.07, 6.45) is -4.96. The van der Waals surface area contributed by atoms with E-state index in [-0.39, 0.29) is 9.69 Å². The van der Waals surface area contributed by atoms with E-state index in [2.05, 4.69) is 5.10 Å². The van der Waals surface area contributed by atoms with Crippen LogP contribution >= 0.6 is 0 Å². The molecule has 5 nitrogen and oxygen atoms in total. The highest BCUT2D eigenvalue weighted by atomic mass is 32.2. The lowest BCUT2D eigenvalue weighted by Gasteiger charge is -2.12. The van der Waals surface area contributed by atoms with Gasteiger partial charge in [-0.3, -0.25) is 0 Å². The molecule has 0 atom stereocenters. The van der Waals surface area contributed by atoms with Crippen LogP contribution in [0.25, 0.3) is 11.3 Å². The lowest BCUT2D eigenvalue weighted by molar-refractivity contribution is -0.141. The van der Waals surface area contributed by atoms with Crippen LogP contribution in [0, 0.1) is 11.6 Å². The Labute approximate surface area is 150 Å². The van der Waals surface area contributed by atoms with E-state index in [4.69, 9.17) is 0 Å². The van der Waals surface area contributed by atoms with Crippen molar-refractivity contribution in [3.05, 3.63) is 71.9 Å². The number of hydrogen-bond acceptors (Lipinski definition) is 3. The highest BCUT2D eigenvalue weighted by Gasteiger charge is 2.36. The van der Waals surface area contributed by atoms with Gasteiger partial charge in [0.15, 0.2) is 5.69 Å². The van der Waals surface area contributed by atoms with Gasteiger partial charge in [0, 0.05) is 0 Å². The number of rotatable bonds is 4. The zero-order valence-corrected chi connectivity index (χ0v) is 14.0. The molecular formula is C16H10F5N3O2S. The van der Waals surface area contributed by atoms with Gasteiger partial charge in [-0.1, -0.05) is 24.3 Å². The Hall–Kier alpha value is -2.95. The molecule has 11 heteroatoms. The van der Waals surface area contributed by atoms with Crippen LogP contribution < -0.4 is 4.83 Å². The predicted molar refractivity (Wildman–Crippen MR) is 85.6 cm³/mol. The van der Waals surface area contributed by atoms with Crippen LogP contribution in [0.4, 0.5) is 22.0 Å². The number of nitrogens with one attached hydrogen (secondary N) is 1. The van der Waals surface area contributed by atoms with Crippen LogP contribution in [0.5, 0.6) is 0 Å². The highest BCUT2D eigenvalue weighted by Crippen LogP contribution is 2.33. The largest absolute Gasteiger partial charge is 0.435 e. The summed E-state index contributed by atoms with van der Waals surface area (Å²) < 4.78 is 91.9. The standard InChI is InChI=1S/C16H10F5N3O2S/c17-11-7-4-8-12(18)15(11)13-9-14(16(19,20)21)22-24(13)23-27(25,26)10-5-2-1-3-6-10/h1-9,23H. The van der Waals surface area contributed by atoms with Crippen LogP contribution in [0.2, 0.25) is 0 Å². The van der Waals surface area contributed by atoms with Gasteiger partial charge in [-0.15, -0.1) is 5.10 Å². The maximum Gasteiger partial charge on any atom is 0.435 e. The van der Waals surface area contributed by atoms with Gasteiger partial charge >= 0.3 is 6.18 Å². The first-order chi connectivity index (χ1) is 12.6. The molecule has 0 unspecified atom stereocenters. The predicted octanol–water partition coefficient (Wildman–Crippen LogP) is 3.78. The molecule has 142 valence electrons. The molecule has 0 amide bonds. The number of benzene rings is 2. The Bertz CT molecular complexity index is 1060. The zero-order valence-electron chi connectivity index (χ0n) is 13.2. The minimum absolute atomic E-state index is 0.187. The average molecular weight is 403 g/mol. The minimum atomic E-state index is -4.96. The van der Waals surface area contributed by atoms with Gasteiger partial charge in [0.05, 0.1) is 16.2 Å². The molecule has 3 aromatic rings. The van der Waals surface area contributed by atoms with Gasteiger partial charge in [-0.25, -0.2) is 8.78 Å². The lowest BCUT2D eigenvalue weighted by Crippen LogP contribution is -2.26. The second-order valence-corrected chi connectivity index (χ2v) is 6.99. The maximum absolute atomic E-state index is 14.0. The number of alkyl halides is 3. The molecule has 0 aliphatic rings. The van der Waals surface area contributed by atoms with Gasteiger partial charge in [0.2, 0.25) is 0 Å². The van der Waals surface area contributed by atoms with Gasteiger partial charge in [0.1, 0.15) is 11.6 Å². The average Bonchev–Trinajstić information content (AvgIpc) is 2.99. The molecule has 0 saturated heterocycles. The van der Waals surface area contributed by atoms with E-state index in [1.165, 1.54) is 30.3 Å². The van der Waals surface area contributed by atoms with Crippen LogP contribution in [0.3, 0.4) is 0 Å². The fourth-order valence-electron chi connectivity index (χ4n) is 2.28. The summed E-state index contributed by atoms with van der Waals surface area (Å²) in [6.45, 7) is 0. The van der Waals surface area contributed by atoms with Crippen molar-refractivity contribution in [3.63, 3.8) is 0 Å². The molecule has 27 heavy (non-hydrogen) atoms. The van der Waals surface area contributed by atoms with E-state index < -0.39 is 44.8 Å². The van der Waals surface area contributed by atoms with Crippen molar-refractivity contribution < 1.29 is 30.4 Å². The van der Waals surface area contributed by atoms with Gasteiger partial charge in [0.25, 0.3) is 10.0 Å². The highest BCUT2D eigenvalue weighted by molar-refractivity contribution is 7.92. The second-order valence-electron chi connectivity index (χ2n) is 5.33. The van der Waals surface area contributed by atoms with Crippen LogP contribution in [0.15, 0.2) is 59.5 Å². The summed E-state index contributed by atoms with van der Waals surface area (Å²) >= 11 is 0. The molecule has 0 radical (unpaired) electrons. The number of nitrogens with zero attached hydrogens (tertiary/aromatic N) is 2. The van der Waals surface area contributed by atoms with Crippen molar-refractivity contribution >= 4 is 10.0 Å². The summed E-state index contributed by atoms with van der Waals surface area (Å²) in [5.74, 6) is -2.35. The molecule has 0 aliphatic carbocycles. The molecule has 0 aliphatic heterocycles. The Morgan fingerprint density at radius 1 is 0.926 bits per heavy atom. The van der Waals surface area contributed by atoms with Gasteiger partial charge < -0.3 is 0 Å². The molecule has 1 heterocycles. The topological polar surface area (TPSA) is 64.0 Å². The quantitative estimate of drug-likeness (QED) is 0.675. The Kier molecular flexibility index (Phi) is 4.64. The Balaban J connectivity index is 2.17. The third kappa shape index (κ3) is 3.77. The van der Waals surface area contributed by atoms with Crippen molar-refractivity contribution in [2.24, 2.45) is 0 Å². The maximum atomic E-state index is 14.0. The van der Waals surface area contributed by atoms with E-state index >= 15 is 0 Å². The molecule has 0 saturated carbocycles. The second kappa shape index (κ2) is 6.65. The van der Waals surface area contributed by atoms with Gasteiger partial charge in [-0.2, -0.15) is 31.2 Å². The lowest BCUT2D eigenvalue weighted by atomic mass is 10.1. The number of aromatic nitrogens is 2. The molecular weight excluding hydrogens is 393 g/mol. The first-order valence-electron chi connectivity index (χ1n) is 7.29. The Morgan fingerprint density at radius 2 is 1.52 bits per heavy atom. The monoisotopic (exact) mass is 403 g/mol. The molecule has 0 bridgehead atoms. The molecule has 0 spiro atoms. The van der Waals surface area contributed by atoms with Crippen molar-refractivity contribution in [1.29, 1.82) is 0 Å². The summed E-state index contributed by atoms with van der Waals surface area (Å²) in [6, 6.07) is 9.76. The summed E-state index contributed by atoms with van der Waals surface area (Å²) in [5, 5.41) is 3.12. The normalized spacial score (nSPS) is 12.2. The number of halogens is 5. The fraction of sp³-hybridized carbons (Fsp3) is 0.0625.